The third kappa shape index (κ3) is 3.43. The molecule has 2 unspecified atom stereocenters. The number of fused-ring (bicyclic) bond motifs is 2. The molecule has 2 aromatic carbocycles. The zero-order valence-corrected chi connectivity index (χ0v) is 20.5. The van der Waals surface area contributed by atoms with Crippen LogP contribution in [-0.4, -0.2) is 13.1 Å². The van der Waals surface area contributed by atoms with E-state index in [1.165, 1.54) is 72.6 Å². The lowest BCUT2D eigenvalue weighted by Gasteiger charge is -2.42. The number of ether oxygens (including phenoxy) is 1. The molecule has 2 aromatic rings. The van der Waals surface area contributed by atoms with Gasteiger partial charge in [0.2, 0.25) is 0 Å². The number of benzene rings is 2. The maximum Gasteiger partial charge on any atom is 0.337 e. The van der Waals surface area contributed by atoms with Crippen LogP contribution in [0.5, 0.6) is 0 Å². The molecule has 2 atom stereocenters. The van der Waals surface area contributed by atoms with E-state index in [1.807, 2.05) is 12.1 Å². The van der Waals surface area contributed by atoms with Crippen LogP contribution in [0.3, 0.4) is 0 Å². The highest BCUT2D eigenvalue weighted by Gasteiger charge is 2.46. The number of carbonyl (C=O) groups excluding carboxylic acids is 1. The zero-order chi connectivity index (χ0) is 22.8. The van der Waals surface area contributed by atoms with E-state index in [1.54, 1.807) is 5.57 Å². The normalized spacial score (nSPS) is 26.2. The van der Waals surface area contributed by atoms with Crippen LogP contribution in [0.2, 0.25) is 0 Å². The molecule has 0 aliphatic heterocycles. The van der Waals surface area contributed by atoms with E-state index < -0.39 is 0 Å². The van der Waals surface area contributed by atoms with Gasteiger partial charge in [-0.15, -0.1) is 0 Å². The summed E-state index contributed by atoms with van der Waals surface area (Å²) in [5.41, 5.74) is 11.1. The van der Waals surface area contributed by atoms with Gasteiger partial charge >= 0.3 is 5.97 Å². The fourth-order valence-electron chi connectivity index (χ4n) is 6.23. The predicted octanol–water partition coefficient (Wildman–Crippen LogP) is 7.36. The summed E-state index contributed by atoms with van der Waals surface area (Å²) in [6, 6.07) is 13.1. The first-order valence-electron chi connectivity index (χ1n) is 12.2. The topological polar surface area (TPSA) is 26.3 Å². The average Bonchev–Trinajstić information content (AvgIpc) is 3.44. The van der Waals surface area contributed by atoms with Crippen LogP contribution in [0.25, 0.3) is 5.57 Å². The van der Waals surface area contributed by atoms with Gasteiger partial charge in [0.25, 0.3) is 0 Å². The Morgan fingerprint density at radius 1 is 0.938 bits per heavy atom. The Morgan fingerprint density at radius 3 is 2.06 bits per heavy atom. The number of methoxy groups -OCH3 is 1. The third-order valence-corrected chi connectivity index (χ3v) is 8.54. The molecular formula is C30H36O2. The molecular weight excluding hydrogens is 392 g/mol. The maximum absolute atomic E-state index is 12.0. The molecule has 2 saturated carbocycles. The Balaban J connectivity index is 1.70. The molecule has 5 rings (SSSR count). The van der Waals surface area contributed by atoms with E-state index in [9.17, 15) is 4.79 Å². The number of aryl methyl sites for hydroxylation is 1. The molecule has 0 spiro atoms. The van der Waals surface area contributed by atoms with Gasteiger partial charge < -0.3 is 4.74 Å². The van der Waals surface area contributed by atoms with Crippen molar-refractivity contribution in [2.75, 3.05) is 7.11 Å². The Bertz CT molecular complexity index is 1110. The highest BCUT2D eigenvalue weighted by molar-refractivity contribution is 5.91. The zero-order valence-electron chi connectivity index (χ0n) is 20.5. The van der Waals surface area contributed by atoms with E-state index in [4.69, 9.17) is 4.74 Å². The number of rotatable bonds is 3. The number of allylic oxidation sites excluding steroid dienone is 1. The lowest BCUT2D eigenvalue weighted by Crippen LogP contribution is -2.34. The minimum Gasteiger partial charge on any atom is -0.465 e. The van der Waals surface area contributed by atoms with Crippen LogP contribution in [0, 0.1) is 18.8 Å². The standard InChI is InChI=1S/C30H36O2/c1-18-15-25-26(30(4,5)14-13-29(25,2)3)17-23(18)27(22-12-11-21-16-24(21)22)19-7-9-20(10-8-19)28(31)32-6/h7-10,15,17,21,24H,11-14,16H2,1-6H3. The van der Waals surface area contributed by atoms with Crippen molar-refractivity contribution in [2.24, 2.45) is 11.8 Å². The fourth-order valence-corrected chi connectivity index (χ4v) is 6.23. The van der Waals surface area contributed by atoms with Crippen molar-refractivity contribution in [3.8, 4) is 0 Å². The molecule has 0 N–H and O–H groups in total. The average molecular weight is 429 g/mol. The number of esters is 1. The summed E-state index contributed by atoms with van der Waals surface area (Å²) in [5.74, 6) is 1.37. The van der Waals surface area contributed by atoms with Gasteiger partial charge in [-0.2, -0.15) is 0 Å². The summed E-state index contributed by atoms with van der Waals surface area (Å²) in [6.45, 7) is 11.9. The lowest BCUT2D eigenvalue weighted by molar-refractivity contribution is 0.0600. The van der Waals surface area contributed by atoms with Gasteiger partial charge in [0.1, 0.15) is 0 Å². The van der Waals surface area contributed by atoms with Gasteiger partial charge in [-0.05, 0) is 107 Å². The second-order valence-electron chi connectivity index (χ2n) is 11.6. The molecule has 0 heterocycles. The molecule has 3 aliphatic rings. The second kappa shape index (κ2) is 7.33. The van der Waals surface area contributed by atoms with Gasteiger partial charge in [0.15, 0.2) is 0 Å². The van der Waals surface area contributed by atoms with Crippen LogP contribution in [0.4, 0.5) is 0 Å². The summed E-state index contributed by atoms with van der Waals surface area (Å²) >= 11 is 0. The van der Waals surface area contributed by atoms with E-state index >= 15 is 0 Å². The Kier molecular flexibility index (Phi) is 4.93. The summed E-state index contributed by atoms with van der Waals surface area (Å²) in [7, 11) is 1.44. The molecule has 2 fully saturated rings. The largest absolute Gasteiger partial charge is 0.465 e. The van der Waals surface area contributed by atoms with E-state index in [0.717, 1.165) is 11.8 Å². The molecule has 2 heteroatoms. The molecule has 0 aromatic heterocycles. The fraction of sp³-hybridized carbons (Fsp3) is 0.500. The van der Waals surface area contributed by atoms with Gasteiger partial charge in [-0.25, -0.2) is 4.79 Å². The summed E-state index contributed by atoms with van der Waals surface area (Å²) < 4.78 is 4.92. The minimum absolute atomic E-state index is 0.190. The molecule has 168 valence electrons. The Labute approximate surface area is 193 Å². The summed E-state index contributed by atoms with van der Waals surface area (Å²) in [6.07, 6.45) is 6.33. The van der Waals surface area contributed by atoms with Crippen molar-refractivity contribution in [3.63, 3.8) is 0 Å². The van der Waals surface area contributed by atoms with Gasteiger partial charge in [0.05, 0.1) is 12.7 Å². The number of hydrogen-bond donors (Lipinski definition) is 0. The molecule has 0 radical (unpaired) electrons. The van der Waals surface area contributed by atoms with Gasteiger partial charge in [0, 0.05) is 0 Å². The van der Waals surface area contributed by atoms with E-state index in [2.05, 4.69) is 58.9 Å². The highest BCUT2D eigenvalue weighted by atomic mass is 16.5. The predicted molar refractivity (Wildman–Crippen MR) is 131 cm³/mol. The quantitative estimate of drug-likeness (QED) is 0.477. The minimum atomic E-state index is -0.275. The Hall–Kier alpha value is -2.35. The molecule has 32 heavy (non-hydrogen) atoms. The molecule has 2 nitrogen and oxygen atoms in total. The first kappa shape index (κ1) is 21.5. The van der Waals surface area contributed by atoms with Crippen LogP contribution < -0.4 is 0 Å². The molecule has 0 saturated heterocycles. The molecule has 0 amide bonds. The van der Waals surface area contributed by atoms with Crippen molar-refractivity contribution < 1.29 is 9.53 Å². The van der Waals surface area contributed by atoms with Crippen LogP contribution in [0.15, 0.2) is 42.0 Å². The smallest absolute Gasteiger partial charge is 0.337 e. The Morgan fingerprint density at radius 2 is 1.53 bits per heavy atom. The van der Waals surface area contributed by atoms with Gasteiger partial charge in [-0.3, -0.25) is 0 Å². The molecule has 3 aliphatic carbocycles. The van der Waals surface area contributed by atoms with Gasteiger partial charge in [-0.1, -0.05) is 57.5 Å². The monoisotopic (exact) mass is 428 g/mol. The maximum atomic E-state index is 12.0. The number of carbonyl (C=O) groups is 1. The van der Waals surface area contributed by atoms with Crippen molar-refractivity contribution in [1.29, 1.82) is 0 Å². The van der Waals surface area contributed by atoms with Crippen molar-refractivity contribution in [3.05, 3.63) is 75.4 Å². The third-order valence-electron chi connectivity index (χ3n) is 8.54. The SMILES string of the molecule is COC(=O)c1ccc(C(=C2CCC3CC23)c2cc3c(cc2C)C(C)(C)CCC3(C)C)cc1. The summed E-state index contributed by atoms with van der Waals surface area (Å²) in [4.78, 5) is 12.0. The van der Waals surface area contributed by atoms with Crippen LogP contribution in [-0.2, 0) is 15.6 Å². The molecule has 0 bridgehead atoms. The lowest BCUT2D eigenvalue weighted by atomic mass is 9.62. The van der Waals surface area contributed by atoms with Crippen LogP contribution >= 0.6 is 0 Å². The van der Waals surface area contributed by atoms with Crippen molar-refractivity contribution >= 4 is 11.5 Å². The first-order chi connectivity index (χ1) is 15.1. The van der Waals surface area contributed by atoms with E-state index in [-0.39, 0.29) is 16.8 Å². The summed E-state index contributed by atoms with van der Waals surface area (Å²) in [5, 5.41) is 0. The van der Waals surface area contributed by atoms with Crippen molar-refractivity contribution in [1.82, 2.24) is 0 Å². The number of hydrogen-bond acceptors (Lipinski definition) is 2. The van der Waals surface area contributed by atoms with E-state index in [0.29, 0.717) is 5.56 Å². The highest BCUT2D eigenvalue weighted by Crippen LogP contribution is 2.58. The van der Waals surface area contributed by atoms with Crippen LogP contribution in [0.1, 0.15) is 98.0 Å². The second-order valence-corrected chi connectivity index (χ2v) is 11.6. The van der Waals surface area contributed by atoms with Crippen molar-refractivity contribution in [2.45, 2.75) is 77.6 Å². The first-order valence-corrected chi connectivity index (χ1v) is 12.2.